The Labute approximate surface area is 423 Å². The Hall–Kier alpha value is -6.59. The zero-order chi connectivity index (χ0) is 51.9. The molecule has 9 rings (SSSR count). The Bertz CT molecular complexity index is 3020. The average molecular weight is 1040 g/mol. The van der Waals surface area contributed by atoms with Gasteiger partial charge in [-0.15, -0.1) is 11.3 Å². The Morgan fingerprint density at radius 3 is 2.52 bits per heavy atom. The number of pyridine rings is 1. The van der Waals surface area contributed by atoms with E-state index in [1.165, 1.54) is 17.0 Å². The highest BCUT2D eigenvalue weighted by molar-refractivity contribution is 7.52. The number of unbranched alkanes of at least 4 members (excludes halogenated alkanes) is 3. The number of anilines is 1. The number of hydrogen-bond acceptors (Lipinski definition) is 11. The van der Waals surface area contributed by atoms with E-state index in [9.17, 15) is 56.7 Å². The third-order valence-corrected chi connectivity index (χ3v) is 16.6. The van der Waals surface area contributed by atoms with Gasteiger partial charge < -0.3 is 39.6 Å². The predicted molar refractivity (Wildman–Crippen MR) is 264 cm³/mol. The summed E-state index contributed by atoms with van der Waals surface area (Å²) in [5, 5.41) is 5.24. The van der Waals surface area contributed by atoms with Crippen LogP contribution in [0.1, 0.15) is 112 Å². The van der Waals surface area contributed by atoms with E-state index in [-0.39, 0.29) is 78.7 Å². The minimum absolute atomic E-state index is 0.0338. The molecule has 0 bridgehead atoms. The number of fused-ring (bicyclic) bond motifs is 3. The summed E-state index contributed by atoms with van der Waals surface area (Å²) < 4.78 is 41.3. The highest BCUT2D eigenvalue weighted by Crippen LogP contribution is 2.59. The van der Waals surface area contributed by atoms with Gasteiger partial charge in [0.2, 0.25) is 29.5 Å². The van der Waals surface area contributed by atoms with Crippen molar-refractivity contribution in [3.05, 3.63) is 93.6 Å². The molecule has 0 aliphatic carbocycles. The van der Waals surface area contributed by atoms with Gasteiger partial charge >= 0.3 is 13.3 Å². The van der Waals surface area contributed by atoms with E-state index in [0.717, 1.165) is 40.3 Å². The number of piperidine rings is 1. The van der Waals surface area contributed by atoms with Crippen LogP contribution in [0.3, 0.4) is 0 Å². The molecule has 1 unspecified atom stereocenters. The number of nitrogens with zero attached hydrogens (tertiary/aromatic N) is 6. The molecule has 4 atom stereocenters. The lowest BCUT2D eigenvalue weighted by atomic mass is 9.90. The maximum Gasteiger partial charge on any atom is 0.399 e. The maximum atomic E-state index is 14.8. The van der Waals surface area contributed by atoms with E-state index < -0.39 is 60.7 Å². The van der Waals surface area contributed by atoms with Gasteiger partial charge in [-0.05, 0) is 85.9 Å². The van der Waals surface area contributed by atoms with Crippen LogP contribution >= 0.6 is 18.9 Å². The number of halogens is 2. The van der Waals surface area contributed by atoms with Crippen LogP contribution in [0, 0.1) is 11.8 Å². The summed E-state index contributed by atoms with van der Waals surface area (Å²) in [6.45, 7) is 1.17. The fourth-order valence-corrected chi connectivity index (χ4v) is 12.0. The second kappa shape index (κ2) is 20.7. The van der Waals surface area contributed by atoms with E-state index in [0.29, 0.717) is 73.9 Å². The van der Waals surface area contributed by atoms with Gasteiger partial charge in [-0.2, -0.15) is 8.78 Å². The number of carbonyl (C=O) groups is 7. The second-order valence-electron chi connectivity index (χ2n) is 19.5. The lowest BCUT2D eigenvalue weighted by molar-refractivity contribution is -0.151. The van der Waals surface area contributed by atoms with Crippen LogP contribution in [0.4, 0.5) is 14.5 Å². The van der Waals surface area contributed by atoms with Crippen LogP contribution in [0.25, 0.3) is 10.1 Å². The molecule has 4 N–H and O–H groups in total. The molecule has 384 valence electrons. The first-order valence-electron chi connectivity index (χ1n) is 24.3. The average Bonchev–Trinajstić information content (AvgIpc) is 4.06. The first-order valence-corrected chi connectivity index (χ1v) is 26.8. The summed E-state index contributed by atoms with van der Waals surface area (Å²) in [5.41, 5.74) is -1.48. The highest BCUT2D eigenvalue weighted by atomic mass is 32.1. The van der Waals surface area contributed by atoms with Crippen molar-refractivity contribution in [1.82, 2.24) is 35.2 Å². The van der Waals surface area contributed by atoms with Gasteiger partial charge in [0.1, 0.15) is 18.1 Å². The molecule has 7 heterocycles. The monoisotopic (exact) mass is 1040 g/mol. The number of thiophene rings is 1. The number of benzene rings is 2. The first-order chi connectivity index (χ1) is 34.8. The summed E-state index contributed by atoms with van der Waals surface area (Å²) in [6.07, 6.45) is 7.77. The summed E-state index contributed by atoms with van der Waals surface area (Å²) in [4.78, 5) is 126. The van der Waals surface area contributed by atoms with Crippen molar-refractivity contribution in [2.75, 3.05) is 45.2 Å². The SMILES string of the molecule is CN(C)c1ccncc1C1CN(C(=O)[C@@H]2CC[C@@H]3CCN(C(=O)CCCCCC#Cc4cccc5c4CN(C4CCC(=O)NC4=O)C5=O)C[C@H](NC(=O)c4cc5cc(C(F)(F)P(=O)(O)O)ccc5s4)C(=O)N32)C1. The topological polar surface area (TPSA) is 230 Å². The normalized spacial score (nSPS) is 21.5. The minimum Gasteiger partial charge on any atom is -0.377 e. The number of imide groups is 1. The molecule has 2 aromatic carbocycles. The lowest BCUT2D eigenvalue weighted by Gasteiger charge is -2.44. The molecule has 7 amide bonds. The Morgan fingerprint density at radius 2 is 1.77 bits per heavy atom. The zero-order valence-corrected chi connectivity index (χ0v) is 41.9. The maximum absolute atomic E-state index is 14.8. The van der Waals surface area contributed by atoms with Crippen molar-refractivity contribution in [3.8, 4) is 11.8 Å². The second-order valence-corrected chi connectivity index (χ2v) is 22.2. The fraction of sp³-hybridized carbons (Fsp3) is 0.451. The van der Waals surface area contributed by atoms with E-state index in [1.54, 1.807) is 33.0 Å². The molecule has 22 heteroatoms. The van der Waals surface area contributed by atoms with Crippen LogP contribution in [0.15, 0.2) is 60.9 Å². The summed E-state index contributed by atoms with van der Waals surface area (Å²) in [5.74, 6) is 3.61. The minimum atomic E-state index is -5.86. The van der Waals surface area contributed by atoms with E-state index in [4.69, 9.17) is 0 Å². The number of carbonyl (C=O) groups excluding carboxylic acids is 7. The van der Waals surface area contributed by atoms with Gasteiger partial charge in [0, 0.05) is 123 Å². The van der Waals surface area contributed by atoms with E-state index >= 15 is 0 Å². The summed E-state index contributed by atoms with van der Waals surface area (Å²) in [6, 6.07) is 8.33. The Balaban J connectivity index is 0.855. The smallest absolute Gasteiger partial charge is 0.377 e. The molecule has 73 heavy (non-hydrogen) atoms. The van der Waals surface area contributed by atoms with Crippen molar-refractivity contribution in [1.29, 1.82) is 0 Å². The van der Waals surface area contributed by atoms with Crippen molar-refractivity contribution < 1.29 is 56.7 Å². The first kappa shape index (κ1) is 51.3. The molecule has 0 radical (unpaired) electrons. The molecule has 5 aliphatic rings. The fourth-order valence-electron chi connectivity index (χ4n) is 10.6. The molecule has 5 aliphatic heterocycles. The molecule has 4 saturated heterocycles. The van der Waals surface area contributed by atoms with Gasteiger partial charge in [0.25, 0.3) is 11.8 Å². The Kier molecular flexibility index (Phi) is 14.6. The van der Waals surface area contributed by atoms with Gasteiger partial charge in [0.05, 0.1) is 4.88 Å². The van der Waals surface area contributed by atoms with Crippen LogP contribution < -0.4 is 15.5 Å². The molecule has 18 nitrogen and oxygen atoms in total. The Morgan fingerprint density at radius 1 is 0.973 bits per heavy atom. The number of likely N-dealkylation sites (tertiary alicyclic amines) is 1. The lowest BCUT2D eigenvalue weighted by Crippen LogP contribution is -2.62. The largest absolute Gasteiger partial charge is 0.399 e. The summed E-state index contributed by atoms with van der Waals surface area (Å²) in [7, 11) is -1.98. The van der Waals surface area contributed by atoms with Crippen molar-refractivity contribution in [3.63, 3.8) is 0 Å². The van der Waals surface area contributed by atoms with Crippen molar-refractivity contribution >= 4 is 76.1 Å². The number of aromatic nitrogens is 1. The molecule has 4 aromatic rings. The number of nitrogens with one attached hydrogen (secondary N) is 2. The number of amides is 7. The molecular weight excluding hydrogens is 986 g/mol. The molecule has 0 spiro atoms. The number of alkyl halides is 2. The van der Waals surface area contributed by atoms with Gasteiger partial charge in [-0.3, -0.25) is 48.4 Å². The zero-order valence-electron chi connectivity index (χ0n) is 40.2. The number of hydrogen-bond donors (Lipinski definition) is 4. The van der Waals surface area contributed by atoms with E-state index in [1.807, 2.05) is 37.3 Å². The molecule has 0 saturated carbocycles. The van der Waals surface area contributed by atoms with Gasteiger partial charge in [-0.25, -0.2) is 0 Å². The van der Waals surface area contributed by atoms with Crippen LogP contribution in [0.2, 0.25) is 0 Å². The highest BCUT2D eigenvalue weighted by Gasteiger charge is 2.51. The van der Waals surface area contributed by atoms with Crippen LogP contribution in [-0.2, 0) is 40.7 Å². The van der Waals surface area contributed by atoms with Crippen molar-refractivity contribution in [2.24, 2.45) is 0 Å². The van der Waals surface area contributed by atoms with Crippen LogP contribution in [0.5, 0.6) is 0 Å². The quantitative estimate of drug-likeness (QED) is 0.0620. The summed E-state index contributed by atoms with van der Waals surface area (Å²) >= 11 is 0.935. The van der Waals surface area contributed by atoms with Crippen molar-refractivity contribution in [2.45, 2.75) is 107 Å². The molecular formula is C51H55F2N8O10PS. The standard InChI is InChI=1S/C51H55F2N8O10PS/c1-57(2)39-19-21-54-25-36(39)32-26-59(27-32)50(68)41-15-14-34-20-22-58(29-38(49(67)61(34)41)55-47(65)43-24-31-23-33(13-17-42(31)73-43)51(52,53)72(69,70)71)45(63)12-7-5-3-4-6-9-30-10-8-11-35-37(30)28-60(48(35)66)40-16-18-44(62)56-46(40)64/h8,10-11,13,17,19,21,23-25,32,34,38,40-41H,3-5,7,12,14-16,18,20,22,26-29H2,1-2H3,(H,55,65)(H,56,62,64)(H2,69,70,71)/t34-,38+,40?,41+/m1/s1. The van der Waals surface area contributed by atoms with E-state index in [2.05, 4.69) is 27.5 Å². The number of rotatable bonds is 13. The molecule has 2 aromatic heterocycles. The third-order valence-electron chi connectivity index (χ3n) is 14.5. The van der Waals surface area contributed by atoms with Gasteiger partial charge in [-0.1, -0.05) is 30.4 Å². The predicted octanol–water partition coefficient (Wildman–Crippen LogP) is 4.67. The van der Waals surface area contributed by atoms with Crippen LogP contribution in [-0.4, -0.2) is 140 Å². The third kappa shape index (κ3) is 10.3. The van der Waals surface area contributed by atoms with Gasteiger partial charge in [0.15, 0.2) is 0 Å². The molecule has 4 fully saturated rings.